The Labute approximate surface area is 95.1 Å². The van der Waals surface area contributed by atoms with Crippen molar-refractivity contribution in [3.63, 3.8) is 0 Å². The van der Waals surface area contributed by atoms with Crippen molar-refractivity contribution in [3.05, 3.63) is 10.0 Å². The molecule has 1 nitrogen and oxygen atoms in total. The predicted octanol–water partition coefficient (Wildman–Crippen LogP) is 3.37. The van der Waals surface area contributed by atoms with Crippen LogP contribution in [0.1, 0.15) is 52.9 Å². The number of allylic oxidation sites excluding steroid dienone is 2. The van der Waals surface area contributed by atoms with E-state index >= 15 is 0 Å². The zero-order valence-electron chi connectivity index (χ0n) is 9.81. The minimum absolute atomic E-state index is 0.341. The molecule has 14 heavy (non-hydrogen) atoms. The van der Waals surface area contributed by atoms with Crippen LogP contribution in [-0.4, -0.2) is 26.7 Å². The van der Waals surface area contributed by atoms with Crippen LogP contribution in [0.5, 0.6) is 0 Å². The molecule has 84 valence electrons. The van der Waals surface area contributed by atoms with Gasteiger partial charge in [0.25, 0.3) is 0 Å². The van der Waals surface area contributed by atoms with Crippen molar-refractivity contribution in [2.45, 2.75) is 58.2 Å². The maximum atomic E-state index is 8.68. The second kappa shape index (κ2) is 9.76. The first kappa shape index (κ1) is 14.2. The topological polar surface area (TPSA) is 20.2 Å². The molecule has 0 aromatic rings. The Kier molecular flexibility index (Phi) is 9.92. The third-order valence-electron chi connectivity index (χ3n) is 2.38. The molecule has 0 fully saturated rings. The number of hydrogen-bond donors (Lipinski definition) is 1. The number of hydrogen-bond acceptors (Lipinski definition) is 1. The summed E-state index contributed by atoms with van der Waals surface area (Å²) in [4.78, 5) is 0. The number of unbranched alkanes of at least 4 members (excludes halogenated alkanes) is 2. The van der Waals surface area contributed by atoms with E-state index in [0.29, 0.717) is 6.61 Å². The van der Waals surface area contributed by atoms with Gasteiger partial charge in [0.1, 0.15) is 0 Å². The van der Waals surface area contributed by atoms with E-state index in [-0.39, 0.29) is 0 Å². The van der Waals surface area contributed by atoms with Gasteiger partial charge in [-0.05, 0) is 0 Å². The monoisotopic (exact) mass is 264 g/mol. The second-order valence-corrected chi connectivity index (χ2v) is 6.47. The van der Waals surface area contributed by atoms with Crippen molar-refractivity contribution in [2.75, 3.05) is 6.61 Å². The fraction of sp³-hybridized carbons (Fsp3) is 0.833. The van der Waals surface area contributed by atoms with Crippen LogP contribution in [0, 0.1) is 0 Å². The van der Waals surface area contributed by atoms with Gasteiger partial charge < -0.3 is 0 Å². The fourth-order valence-electron chi connectivity index (χ4n) is 1.17. The summed E-state index contributed by atoms with van der Waals surface area (Å²) in [6.45, 7) is 7.13. The van der Waals surface area contributed by atoms with Crippen molar-refractivity contribution in [1.29, 1.82) is 0 Å². The number of aliphatic hydroxyl groups is 1. The summed E-state index contributed by atoms with van der Waals surface area (Å²) >= 11 is 0.722. The standard InChI is InChI=1S/C12H24OSe/c1-4-5-10-14-12(3)11(2)8-6-7-9-13/h13H,4-10H2,1-3H3/b12-11+. The van der Waals surface area contributed by atoms with Crippen molar-refractivity contribution in [2.24, 2.45) is 0 Å². The van der Waals surface area contributed by atoms with E-state index < -0.39 is 0 Å². The van der Waals surface area contributed by atoms with Gasteiger partial charge in [-0.2, -0.15) is 0 Å². The normalized spacial score (nSPS) is 12.9. The summed E-state index contributed by atoms with van der Waals surface area (Å²) in [5, 5.41) is 10.1. The molecule has 1 N–H and O–H groups in total. The summed E-state index contributed by atoms with van der Waals surface area (Å²) in [5.41, 5.74) is 1.56. The zero-order chi connectivity index (χ0) is 10.8. The summed E-state index contributed by atoms with van der Waals surface area (Å²) in [6, 6.07) is 0. The Morgan fingerprint density at radius 3 is 2.43 bits per heavy atom. The molecule has 2 heteroatoms. The Hall–Kier alpha value is 0.219. The fourth-order valence-corrected chi connectivity index (χ4v) is 3.45. The minimum atomic E-state index is 0.341. The van der Waals surface area contributed by atoms with Gasteiger partial charge in [0, 0.05) is 0 Å². The summed E-state index contributed by atoms with van der Waals surface area (Å²) in [5.74, 6) is 0. The van der Waals surface area contributed by atoms with Crippen molar-refractivity contribution >= 4 is 15.0 Å². The molecule has 0 unspecified atom stereocenters. The third-order valence-corrected chi connectivity index (χ3v) is 5.05. The predicted molar refractivity (Wildman–Crippen MR) is 64.8 cm³/mol. The van der Waals surface area contributed by atoms with Gasteiger partial charge in [0.05, 0.1) is 0 Å². The Bertz CT molecular complexity index is 146. The molecule has 0 aliphatic carbocycles. The summed E-state index contributed by atoms with van der Waals surface area (Å²) in [7, 11) is 0. The van der Waals surface area contributed by atoms with Crippen molar-refractivity contribution < 1.29 is 5.11 Å². The third kappa shape index (κ3) is 7.61. The number of rotatable bonds is 8. The van der Waals surface area contributed by atoms with Crippen LogP contribution in [0.3, 0.4) is 0 Å². The van der Waals surface area contributed by atoms with Gasteiger partial charge in [-0.3, -0.25) is 0 Å². The van der Waals surface area contributed by atoms with Crippen LogP contribution in [0.25, 0.3) is 0 Å². The second-order valence-electron chi connectivity index (χ2n) is 3.72. The molecule has 0 amide bonds. The van der Waals surface area contributed by atoms with Gasteiger partial charge in [0.15, 0.2) is 0 Å². The molecule has 0 atom stereocenters. The molecule has 0 rings (SSSR count). The van der Waals surface area contributed by atoms with Gasteiger partial charge in [-0.25, -0.2) is 0 Å². The molecule has 0 heterocycles. The molecular formula is C12H24OSe. The van der Waals surface area contributed by atoms with E-state index in [1.54, 1.807) is 10.0 Å². The average molecular weight is 263 g/mol. The van der Waals surface area contributed by atoms with E-state index in [4.69, 9.17) is 5.11 Å². The Morgan fingerprint density at radius 1 is 1.14 bits per heavy atom. The van der Waals surface area contributed by atoms with Gasteiger partial charge >= 0.3 is 94.9 Å². The van der Waals surface area contributed by atoms with Crippen molar-refractivity contribution in [1.82, 2.24) is 0 Å². The first-order valence-corrected chi connectivity index (χ1v) is 7.69. The van der Waals surface area contributed by atoms with E-state index in [1.807, 2.05) is 0 Å². The van der Waals surface area contributed by atoms with Crippen LogP contribution >= 0.6 is 0 Å². The first-order chi connectivity index (χ1) is 6.72. The Balaban J connectivity index is 3.66. The SMILES string of the molecule is CCCC[Se]/C(C)=C(\C)CCCCO. The quantitative estimate of drug-likeness (QED) is 0.526. The molecule has 0 aromatic carbocycles. The maximum absolute atomic E-state index is 8.68. The summed E-state index contributed by atoms with van der Waals surface area (Å²) < 4.78 is 1.63. The van der Waals surface area contributed by atoms with E-state index in [9.17, 15) is 0 Å². The van der Waals surface area contributed by atoms with Gasteiger partial charge in [0.2, 0.25) is 0 Å². The molecule has 0 radical (unpaired) electrons. The molecular weight excluding hydrogens is 239 g/mol. The van der Waals surface area contributed by atoms with Crippen molar-refractivity contribution in [3.8, 4) is 0 Å². The summed E-state index contributed by atoms with van der Waals surface area (Å²) in [6.07, 6.45) is 5.97. The number of aliphatic hydroxyl groups excluding tert-OH is 1. The molecule has 0 aliphatic rings. The van der Waals surface area contributed by atoms with Crippen LogP contribution in [-0.2, 0) is 0 Å². The van der Waals surface area contributed by atoms with E-state index in [2.05, 4.69) is 20.8 Å². The molecule has 0 saturated heterocycles. The van der Waals surface area contributed by atoms with Crippen LogP contribution < -0.4 is 0 Å². The molecule has 0 bridgehead atoms. The van der Waals surface area contributed by atoms with Crippen LogP contribution in [0.4, 0.5) is 0 Å². The first-order valence-electron chi connectivity index (χ1n) is 5.62. The van der Waals surface area contributed by atoms with Gasteiger partial charge in [-0.1, -0.05) is 0 Å². The molecule has 0 saturated carbocycles. The average Bonchev–Trinajstić information content (AvgIpc) is 2.18. The van der Waals surface area contributed by atoms with E-state index in [0.717, 1.165) is 27.8 Å². The molecule has 0 aromatic heterocycles. The molecule has 0 aliphatic heterocycles. The van der Waals surface area contributed by atoms with Gasteiger partial charge in [-0.15, -0.1) is 0 Å². The molecule has 0 spiro atoms. The Morgan fingerprint density at radius 2 is 1.86 bits per heavy atom. The van der Waals surface area contributed by atoms with E-state index in [1.165, 1.54) is 24.6 Å². The van der Waals surface area contributed by atoms with Crippen LogP contribution in [0.2, 0.25) is 5.32 Å². The zero-order valence-corrected chi connectivity index (χ0v) is 11.5. The van der Waals surface area contributed by atoms with Crippen LogP contribution in [0.15, 0.2) is 10.0 Å².